The number of hydrazone groups is 2. The highest BCUT2D eigenvalue weighted by atomic mass is 19.1. The van der Waals surface area contributed by atoms with E-state index in [2.05, 4.69) is 40.9 Å². The molecule has 32 heavy (non-hydrogen) atoms. The van der Waals surface area contributed by atoms with Gasteiger partial charge >= 0.3 is 0 Å². The fraction of sp³-hybridized carbons (Fsp3) is 0.227. The van der Waals surface area contributed by atoms with Crippen LogP contribution in [0.15, 0.2) is 58.7 Å². The Bertz CT molecular complexity index is 1040. The molecule has 1 aliphatic heterocycles. The van der Waals surface area contributed by atoms with Gasteiger partial charge in [-0.05, 0) is 54.7 Å². The highest BCUT2D eigenvalue weighted by molar-refractivity contribution is 5.80. The average molecular weight is 436 g/mol. The van der Waals surface area contributed by atoms with E-state index >= 15 is 0 Å². The first-order valence-electron chi connectivity index (χ1n) is 10.3. The molecule has 0 saturated carbocycles. The van der Waals surface area contributed by atoms with Crippen molar-refractivity contribution in [1.29, 1.82) is 0 Å². The molecule has 0 spiro atoms. The van der Waals surface area contributed by atoms with Gasteiger partial charge in [0.1, 0.15) is 11.6 Å². The minimum atomic E-state index is -0.343. The minimum absolute atomic E-state index is 0.219. The number of anilines is 3. The zero-order valence-corrected chi connectivity index (χ0v) is 17.2. The van der Waals surface area contributed by atoms with E-state index in [1.165, 1.54) is 43.1 Å². The molecule has 0 atom stereocenters. The number of nitrogens with one attached hydrogen (secondary N) is 2. The second kappa shape index (κ2) is 10.4. The predicted molar refractivity (Wildman–Crippen MR) is 121 cm³/mol. The fourth-order valence-electron chi connectivity index (χ4n) is 3.20. The first kappa shape index (κ1) is 21.3. The van der Waals surface area contributed by atoms with Crippen LogP contribution in [0.4, 0.5) is 26.6 Å². The van der Waals surface area contributed by atoms with Gasteiger partial charge in [-0.15, -0.1) is 0 Å². The van der Waals surface area contributed by atoms with Crippen LogP contribution < -0.4 is 15.8 Å². The topological polar surface area (TPSA) is 90.7 Å². The van der Waals surface area contributed by atoms with Crippen molar-refractivity contribution in [2.75, 3.05) is 28.8 Å². The summed E-state index contributed by atoms with van der Waals surface area (Å²) < 4.78 is 26.7. The first-order valence-corrected chi connectivity index (χ1v) is 10.3. The maximum atomic E-state index is 13.3. The SMILES string of the molecule is Fc1cccc(/C=N/Nc2nc(N/N=C/c3cccc(F)c3)nc(N3CCCCC3)n2)c1. The third kappa shape index (κ3) is 6.03. The molecule has 2 heterocycles. The van der Waals surface area contributed by atoms with Gasteiger partial charge in [0.15, 0.2) is 0 Å². The standard InChI is InChI=1S/C22H22F2N8/c23-18-8-4-6-16(12-18)14-25-30-20-27-21(29-22(28-20)32-10-2-1-3-11-32)31-26-15-17-7-5-9-19(24)13-17/h4-9,12-15H,1-3,10-11H2,(H2,27,28,29,30,31)/b25-14+,26-15+. The van der Waals surface area contributed by atoms with Gasteiger partial charge in [0, 0.05) is 13.1 Å². The monoisotopic (exact) mass is 436 g/mol. The van der Waals surface area contributed by atoms with Crippen molar-refractivity contribution >= 4 is 30.3 Å². The van der Waals surface area contributed by atoms with Crippen LogP contribution in [0.2, 0.25) is 0 Å². The summed E-state index contributed by atoms with van der Waals surface area (Å²) in [5.74, 6) is 0.258. The number of nitrogens with zero attached hydrogens (tertiary/aromatic N) is 6. The van der Waals surface area contributed by atoms with Gasteiger partial charge in [-0.2, -0.15) is 25.2 Å². The maximum absolute atomic E-state index is 13.3. The molecule has 1 aromatic heterocycles. The van der Waals surface area contributed by atoms with E-state index in [9.17, 15) is 8.78 Å². The summed E-state index contributed by atoms with van der Waals surface area (Å²) in [6, 6.07) is 12.1. The van der Waals surface area contributed by atoms with E-state index < -0.39 is 0 Å². The number of halogens is 2. The second-order valence-corrected chi connectivity index (χ2v) is 7.18. The molecular formula is C22H22F2N8. The van der Waals surface area contributed by atoms with E-state index in [1.807, 2.05) is 0 Å². The number of hydrogen-bond acceptors (Lipinski definition) is 8. The molecule has 0 amide bonds. The highest BCUT2D eigenvalue weighted by Crippen LogP contribution is 2.18. The molecule has 1 saturated heterocycles. The maximum Gasteiger partial charge on any atom is 0.250 e. The van der Waals surface area contributed by atoms with Gasteiger partial charge in [0.2, 0.25) is 17.8 Å². The van der Waals surface area contributed by atoms with Gasteiger partial charge < -0.3 is 4.90 Å². The fourth-order valence-corrected chi connectivity index (χ4v) is 3.20. The molecule has 164 valence electrons. The van der Waals surface area contributed by atoms with Crippen molar-refractivity contribution < 1.29 is 8.78 Å². The lowest BCUT2D eigenvalue weighted by atomic mass is 10.1. The van der Waals surface area contributed by atoms with Crippen LogP contribution in [0.5, 0.6) is 0 Å². The van der Waals surface area contributed by atoms with Crippen molar-refractivity contribution in [3.05, 3.63) is 71.3 Å². The van der Waals surface area contributed by atoms with Crippen molar-refractivity contribution in [2.24, 2.45) is 10.2 Å². The van der Waals surface area contributed by atoms with Gasteiger partial charge in [0.25, 0.3) is 0 Å². The second-order valence-electron chi connectivity index (χ2n) is 7.18. The van der Waals surface area contributed by atoms with Gasteiger partial charge in [-0.1, -0.05) is 24.3 Å². The van der Waals surface area contributed by atoms with Gasteiger partial charge in [0.05, 0.1) is 12.4 Å². The smallest absolute Gasteiger partial charge is 0.250 e. The average Bonchev–Trinajstić information content (AvgIpc) is 2.80. The molecule has 3 aromatic rings. The third-order valence-corrected chi connectivity index (χ3v) is 4.72. The van der Waals surface area contributed by atoms with Crippen LogP contribution in [-0.2, 0) is 0 Å². The molecule has 0 unspecified atom stereocenters. The Morgan fingerprint density at radius 1 is 0.750 bits per heavy atom. The Hall–Kier alpha value is -3.95. The summed E-state index contributed by atoms with van der Waals surface area (Å²) in [6.45, 7) is 1.70. The summed E-state index contributed by atoms with van der Waals surface area (Å²) in [5.41, 5.74) is 6.73. The molecule has 0 aliphatic carbocycles. The third-order valence-electron chi connectivity index (χ3n) is 4.72. The van der Waals surface area contributed by atoms with Crippen LogP contribution in [0.1, 0.15) is 30.4 Å². The van der Waals surface area contributed by atoms with E-state index in [0.29, 0.717) is 17.1 Å². The molecular weight excluding hydrogens is 414 g/mol. The Morgan fingerprint density at radius 3 is 1.78 bits per heavy atom. The lowest BCUT2D eigenvalue weighted by Gasteiger charge is -2.26. The summed E-state index contributed by atoms with van der Waals surface area (Å²) in [7, 11) is 0. The summed E-state index contributed by atoms with van der Waals surface area (Å²) >= 11 is 0. The van der Waals surface area contributed by atoms with Crippen molar-refractivity contribution in [3.63, 3.8) is 0 Å². The quantitative estimate of drug-likeness (QED) is 0.429. The van der Waals surface area contributed by atoms with Crippen LogP contribution in [0.3, 0.4) is 0 Å². The van der Waals surface area contributed by atoms with Crippen molar-refractivity contribution in [1.82, 2.24) is 15.0 Å². The summed E-state index contributed by atoms with van der Waals surface area (Å²) in [4.78, 5) is 15.3. The largest absolute Gasteiger partial charge is 0.341 e. The van der Waals surface area contributed by atoms with Crippen LogP contribution in [0, 0.1) is 11.6 Å². The highest BCUT2D eigenvalue weighted by Gasteiger charge is 2.16. The summed E-state index contributed by atoms with van der Waals surface area (Å²) in [5, 5.41) is 8.19. The zero-order chi connectivity index (χ0) is 22.2. The Morgan fingerprint density at radius 2 is 1.28 bits per heavy atom. The molecule has 2 N–H and O–H groups in total. The Kier molecular flexibility index (Phi) is 6.91. The van der Waals surface area contributed by atoms with Crippen LogP contribution in [-0.4, -0.2) is 40.5 Å². The number of hydrogen-bond donors (Lipinski definition) is 2. The molecule has 0 bridgehead atoms. The van der Waals surface area contributed by atoms with Gasteiger partial charge in [-0.3, -0.25) is 0 Å². The summed E-state index contributed by atoms with van der Waals surface area (Å²) in [6.07, 6.45) is 6.25. The lowest BCUT2D eigenvalue weighted by Crippen LogP contribution is -2.31. The number of benzene rings is 2. The number of aromatic nitrogens is 3. The normalized spacial score (nSPS) is 14.2. The van der Waals surface area contributed by atoms with E-state index in [1.54, 1.807) is 24.3 Å². The molecule has 1 aliphatic rings. The first-order chi connectivity index (χ1) is 15.7. The predicted octanol–water partition coefficient (Wildman–Crippen LogP) is 4.03. The van der Waals surface area contributed by atoms with E-state index in [0.717, 1.165) is 25.9 Å². The lowest BCUT2D eigenvalue weighted by molar-refractivity contribution is 0.568. The Balaban J connectivity index is 1.52. The van der Waals surface area contributed by atoms with Gasteiger partial charge in [-0.25, -0.2) is 19.6 Å². The number of piperidine rings is 1. The molecule has 1 fully saturated rings. The van der Waals surface area contributed by atoms with Crippen molar-refractivity contribution in [3.8, 4) is 0 Å². The molecule has 2 aromatic carbocycles. The molecule has 8 nitrogen and oxygen atoms in total. The van der Waals surface area contributed by atoms with Crippen LogP contribution >= 0.6 is 0 Å². The molecule has 10 heteroatoms. The van der Waals surface area contributed by atoms with Crippen molar-refractivity contribution in [2.45, 2.75) is 19.3 Å². The van der Waals surface area contributed by atoms with E-state index in [4.69, 9.17) is 0 Å². The van der Waals surface area contributed by atoms with E-state index in [-0.39, 0.29) is 23.5 Å². The molecule has 4 rings (SSSR count). The number of rotatable bonds is 7. The Labute approximate surface area is 184 Å². The zero-order valence-electron chi connectivity index (χ0n) is 17.2. The minimum Gasteiger partial charge on any atom is -0.341 e. The van der Waals surface area contributed by atoms with Crippen LogP contribution in [0.25, 0.3) is 0 Å². The molecule has 0 radical (unpaired) electrons.